The third-order valence-corrected chi connectivity index (χ3v) is 6.09. The number of amides is 1. The summed E-state index contributed by atoms with van der Waals surface area (Å²) in [6.45, 7) is 5.25. The molecule has 4 aromatic rings. The fraction of sp³-hybridized carbons (Fsp3) is 0.185. The number of carbonyl (C=O) groups excluding carboxylic acids is 1. The van der Waals surface area contributed by atoms with Gasteiger partial charge in [0, 0.05) is 35.3 Å². The molecule has 1 atom stereocenters. The number of aromatic nitrogens is 3. The number of pyridine rings is 1. The van der Waals surface area contributed by atoms with E-state index < -0.39 is 29.0 Å². The Bertz CT molecular complexity index is 1610. The number of carbonyl (C=O) groups is 1. The van der Waals surface area contributed by atoms with E-state index in [4.69, 9.17) is 14.5 Å². The summed E-state index contributed by atoms with van der Waals surface area (Å²) in [6.07, 6.45) is 3.86. The Morgan fingerprint density at radius 1 is 1.05 bits per heavy atom. The molecular formula is C27H21F2N5O3. The van der Waals surface area contributed by atoms with Gasteiger partial charge < -0.3 is 9.47 Å². The molecule has 1 spiro atoms. The number of aliphatic imine (C=N–C) groups is 1. The molecule has 1 N–H and O–H groups in total. The average molecular weight is 501 g/mol. The van der Waals surface area contributed by atoms with Crippen molar-refractivity contribution in [3.05, 3.63) is 95.8 Å². The van der Waals surface area contributed by atoms with E-state index in [1.54, 1.807) is 80.2 Å². The van der Waals surface area contributed by atoms with Gasteiger partial charge in [-0.15, -0.1) is 0 Å². The summed E-state index contributed by atoms with van der Waals surface area (Å²) >= 11 is 0. The van der Waals surface area contributed by atoms with Gasteiger partial charge in [0.15, 0.2) is 22.9 Å². The first kappa shape index (κ1) is 22.8. The van der Waals surface area contributed by atoms with Gasteiger partial charge in [0.05, 0.1) is 0 Å². The first-order chi connectivity index (χ1) is 17.7. The van der Waals surface area contributed by atoms with E-state index in [0.29, 0.717) is 28.3 Å². The number of ether oxygens (including phenoxy) is 2. The van der Waals surface area contributed by atoms with E-state index in [9.17, 15) is 9.18 Å². The van der Waals surface area contributed by atoms with Crippen molar-refractivity contribution >= 4 is 12.1 Å². The second-order valence-corrected chi connectivity index (χ2v) is 9.66. The summed E-state index contributed by atoms with van der Waals surface area (Å²) in [5, 5.41) is 2.69. The van der Waals surface area contributed by atoms with Crippen LogP contribution in [0.5, 0.6) is 11.5 Å². The fourth-order valence-electron chi connectivity index (χ4n) is 4.67. The van der Waals surface area contributed by atoms with Crippen LogP contribution in [0.3, 0.4) is 0 Å². The summed E-state index contributed by atoms with van der Waals surface area (Å²) < 4.78 is 42.7. The normalized spacial score (nSPS) is 17.4. The summed E-state index contributed by atoms with van der Waals surface area (Å²) in [6, 6.07) is 12.8. The highest BCUT2D eigenvalue weighted by Crippen LogP contribution is 2.55. The molecule has 2 aromatic heterocycles. The summed E-state index contributed by atoms with van der Waals surface area (Å²) in [4.78, 5) is 25.9. The first-order valence-electron chi connectivity index (χ1n) is 11.5. The number of halogens is 2. The Balaban J connectivity index is 1.59. The number of imidazole rings is 1. The molecule has 6 rings (SSSR count). The summed E-state index contributed by atoms with van der Waals surface area (Å²) in [7, 11) is 0. The molecule has 186 valence electrons. The Morgan fingerprint density at radius 2 is 1.89 bits per heavy atom. The van der Waals surface area contributed by atoms with E-state index in [-0.39, 0.29) is 17.3 Å². The zero-order valence-corrected chi connectivity index (χ0v) is 20.1. The largest absolute Gasteiger partial charge is 0.453 e. The van der Waals surface area contributed by atoms with Gasteiger partial charge in [-0.25, -0.2) is 24.1 Å². The molecule has 0 fully saturated rings. The van der Waals surface area contributed by atoms with Crippen molar-refractivity contribution in [2.45, 2.75) is 31.9 Å². The standard InChI is InChI=1S/C27H21F2N5O3/c1-26(2,3)37-25(35)32-24-33-27(23-31-12-13-34(23)24)17-7-4-8-19(28)21(17)36-20-10-9-15(14-18(20)27)16-6-5-11-30-22(16)29/h4-14H,1-3H3,(H,32,33,35). The molecule has 8 nitrogen and oxygen atoms in total. The molecule has 37 heavy (non-hydrogen) atoms. The van der Waals surface area contributed by atoms with Crippen LogP contribution < -0.4 is 10.1 Å². The second-order valence-electron chi connectivity index (χ2n) is 9.66. The molecule has 0 saturated carbocycles. The Hall–Kier alpha value is -4.60. The molecule has 2 aromatic carbocycles. The van der Waals surface area contributed by atoms with Crippen LogP contribution in [-0.2, 0) is 10.3 Å². The van der Waals surface area contributed by atoms with Crippen LogP contribution in [0.15, 0.2) is 72.1 Å². The quantitative estimate of drug-likeness (QED) is 0.355. The van der Waals surface area contributed by atoms with Crippen molar-refractivity contribution < 1.29 is 23.0 Å². The third kappa shape index (κ3) is 3.55. The van der Waals surface area contributed by atoms with Gasteiger partial charge in [-0.2, -0.15) is 4.39 Å². The minimum Gasteiger partial charge on any atom is -0.453 e. The predicted octanol–water partition coefficient (Wildman–Crippen LogP) is 5.36. The number of benzene rings is 2. The van der Waals surface area contributed by atoms with Crippen LogP contribution in [0, 0.1) is 11.8 Å². The van der Waals surface area contributed by atoms with Gasteiger partial charge in [-0.3, -0.25) is 9.88 Å². The average Bonchev–Trinajstić information content (AvgIpc) is 3.43. The number of para-hydroxylation sites is 1. The lowest BCUT2D eigenvalue weighted by Gasteiger charge is -2.34. The molecule has 1 unspecified atom stereocenters. The number of fused-ring (bicyclic) bond motifs is 6. The molecule has 0 radical (unpaired) electrons. The van der Waals surface area contributed by atoms with Crippen LogP contribution >= 0.6 is 0 Å². The molecule has 0 aliphatic carbocycles. The molecule has 1 amide bonds. The molecule has 2 aliphatic rings. The lowest BCUT2D eigenvalue weighted by molar-refractivity contribution is 0.0561. The van der Waals surface area contributed by atoms with Crippen LogP contribution in [0.4, 0.5) is 13.6 Å². The number of hydrogen-bond acceptors (Lipinski definition) is 6. The lowest BCUT2D eigenvalue weighted by atomic mass is 9.79. The SMILES string of the molecule is CC(C)(C)OC(=O)NC1=NC2(c3cc(-c4cccnc4F)ccc3Oc3c(F)cccc32)c2nccn21. The van der Waals surface area contributed by atoms with Crippen molar-refractivity contribution in [2.24, 2.45) is 4.99 Å². The van der Waals surface area contributed by atoms with Gasteiger partial charge >= 0.3 is 6.09 Å². The highest BCUT2D eigenvalue weighted by atomic mass is 19.1. The molecule has 2 aliphatic heterocycles. The number of rotatable bonds is 1. The van der Waals surface area contributed by atoms with Crippen LogP contribution in [0.1, 0.15) is 37.7 Å². The van der Waals surface area contributed by atoms with E-state index in [1.807, 2.05) is 0 Å². The minimum atomic E-state index is -1.40. The van der Waals surface area contributed by atoms with Gasteiger partial charge in [0.2, 0.25) is 11.9 Å². The maximum absolute atomic E-state index is 15.0. The predicted molar refractivity (Wildman–Crippen MR) is 130 cm³/mol. The van der Waals surface area contributed by atoms with E-state index in [0.717, 1.165) is 0 Å². The van der Waals surface area contributed by atoms with Gasteiger partial charge in [-0.1, -0.05) is 18.2 Å². The van der Waals surface area contributed by atoms with E-state index in [2.05, 4.69) is 15.3 Å². The highest BCUT2D eigenvalue weighted by Gasteiger charge is 2.52. The second kappa shape index (κ2) is 7.95. The monoisotopic (exact) mass is 501 g/mol. The molecule has 0 saturated heterocycles. The smallest absolute Gasteiger partial charge is 0.414 e. The summed E-state index contributed by atoms with van der Waals surface area (Å²) in [5.41, 5.74) is -0.440. The fourth-order valence-corrected chi connectivity index (χ4v) is 4.67. The van der Waals surface area contributed by atoms with Crippen molar-refractivity contribution in [2.75, 3.05) is 0 Å². The van der Waals surface area contributed by atoms with Crippen molar-refractivity contribution in [1.82, 2.24) is 19.9 Å². The number of hydrogen-bond donors (Lipinski definition) is 1. The van der Waals surface area contributed by atoms with Gasteiger partial charge in [-0.05, 0) is 56.7 Å². The maximum Gasteiger partial charge on any atom is 0.414 e. The maximum atomic E-state index is 15.0. The van der Waals surface area contributed by atoms with Crippen LogP contribution in [-0.4, -0.2) is 32.2 Å². The number of nitrogens with one attached hydrogen (secondary N) is 1. The molecule has 4 heterocycles. The molecule has 0 bridgehead atoms. The van der Waals surface area contributed by atoms with Crippen molar-refractivity contribution in [3.63, 3.8) is 0 Å². The van der Waals surface area contributed by atoms with Crippen molar-refractivity contribution in [1.29, 1.82) is 0 Å². The highest BCUT2D eigenvalue weighted by molar-refractivity contribution is 5.98. The minimum absolute atomic E-state index is 0.00729. The van der Waals surface area contributed by atoms with Crippen LogP contribution in [0.25, 0.3) is 11.1 Å². The van der Waals surface area contributed by atoms with E-state index >= 15 is 4.39 Å². The summed E-state index contributed by atoms with van der Waals surface area (Å²) in [5.74, 6) is -0.355. The lowest BCUT2D eigenvalue weighted by Crippen LogP contribution is -2.38. The van der Waals surface area contributed by atoms with Crippen molar-refractivity contribution in [3.8, 4) is 22.6 Å². The third-order valence-electron chi connectivity index (χ3n) is 6.09. The number of alkyl carbamates (subject to hydrolysis) is 1. The topological polar surface area (TPSA) is 90.6 Å². The van der Waals surface area contributed by atoms with Gasteiger partial charge in [0.1, 0.15) is 11.4 Å². The Morgan fingerprint density at radius 3 is 2.68 bits per heavy atom. The zero-order valence-electron chi connectivity index (χ0n) is 20.1. The Kier molecular flexibility index (Phi) is 4.91. The van der Waals surface area contributed by atoms with Gasteiger partial charge in [0.25, 0.3) is 0 Å². The van der Waals surface area contributed by atoms with Crippen LogP contribution in [0.2, 0.25) is 0 Å². The van der Waals surface area contributed by atoms with E-state index in [1.165, 1.54) is 12.3 Å². The first-order valence-corrected chi connectivity index (χ1v) is 11.5. The zero-order chi connectivity index (χ0) is 25.9. The Labute approximate surface area is 210 Å². The number of nitrogens with zero attached hydrogens (tertiary/aromatic N) is 4. The molecule has 10 heteroatoms. The molecular weight excluding hydrogens is 480 g/mol.